The number of rotatable bonds is 0. The third kappa shape index (κ3) is 7.12. The summed E-state index contributed by atoms with van der Waals surface area (Å²) in [7, 11) is 0. The van der Waals surface area contributed by atoms with Gasteiger partial charge < -0.3 is 20.3 Å². The number of hydrogen-bond donors (Lipinski definition) is 4. The third-order valence-electron chi connectivity index (χ3n) is 2.61. The van der Waals surface area contributed by atoms with Crippen molar-refractivity contribution in [3.8, 4) is 0 Å². The average Bonchev–Trinajstić information content (AvgIpc) is 3.12. The Bertz CT molecular complexity index is 587. The van der Waals surface area contributed by atoms with E-state index in [1.165, 1.54) is 24.0 Å². The second-order valence-corrected chi connectivity index (χ2v) is 4.46. The van der Waals surface area contributed by atoms with Gasteiger partial charge in [-0.1, -0.05) is 18.2 Å². The molecule has 3 aromatic heterocycles. The predicted molar refractivity (Wildman–Crippen MR) is 90.5 cm³/mol. The van der Waals surface area contributed by atoms with Crippen LogP contribution in [-0.2, 0) is 0 Å². The Balaban J connectivity index is 0.000000116. The lowest BCUT2D eigenvalue weighted by molar-refractivity contribution is 1.31. The standard InChI is InChI=1S/C8H7N.C4H5N.C3H4N2.C2H5N/c1-2-4-8-7(3-1)5-6-9-8;1-2-4-5-3-1;1-2-5-3-4-1;1-2-3-1/h1-6,9H;1-5H;1-3H,(H,4,5);3H,1-2H2. The summed E-state index contributed by atoms with van der Waals surface area (Å²) in [6.45, 7) is 2.50. The van der Waals surface area contributed by atoms with Crippen molar-refractivity contribution in [1.29, 1.82) is 0 Å². The maximum absolute atomic E-state index is 3.67. The molecule has 1 aliphatic heterocycles. The van der Waals surface area contributed by atoms with Gasteiger partial charge in [0.15, 0.2) is 0 Å². The maximum Gasteiger partial charge on any atom is 0.0919 e. The van der Waals surface area contributed by atoms with E-state index in [2.05, 4.69) is 43.5 Å². The van der Waals surface area contributed by atoms with E-state index in [4.69, 9.17) is 0 Å². The third-order valence-corrected chi connectivity index (χ3v) is 2.61. The van der Waals surface area contributed by atoms with Crippen LogP contribution in [0, 0.1) is 0 Å². The molecule has 4 heterocycles. The summed E-state index contributed by atoms with van der Waals surface area (Å²) >= 11 is 0. The summed E-state index contributed by atoms with van der Waals surface area (Å²) in [6, 6.07) is 14.2. The second kappa shape index (κ2) is 10.0. The minimum atomic E-state index is 1.21. The average molecular weight is 295 g/mol. The molecule has 1 aromatic carbocycles. The Morgan fingerprint density at radius 3 is 2.00 bits per heavy atom. The van der Waals surface area contributed by atoms with Crippen LogP contribution in [0.2, 0.25) is 0 Å². The summed E-state index contributed by atoms with van der Waals surface area (Å²) in [5, 5.41) is 4.28. The van der Waals surface area contributed by atoms with Crippen LogP contribution in [0.15, 0.2) is 79.8 Å². The number of nitrogens with zero attached hydrogens (tertiary/aromatic N) is 1. The van der Waals surface area contributed by atoms with Crippen LogP contribution in [-0.4, -0.2) is 33.0 Å². The van der Waals surface area contributed by atoms with Crippen molar-refractivity contribution < 1.29 is 0 Å². The van der Waals surface area contributed by atoms with Crippen LogP contribution in [0.4, 0.5) is 0 Å². The SMILES string of the molecule is C1CN1.c1c[nH]cn1.c1cc[nH]c1.c1ccc2[nH]ccc2c1. The summed E-state index contributed by atoms with van der Waals surface area (Å²) < 4.78 is 0. The Morgan fingerprint density at radius 1 is 0.773 bits per heavy atom. The van der Waals surface area contributed by atoms with Crippen LogP contribution in [0.25, 0.3) is 10.9 Å². The molecule has 0 saturated carbocycles. The number of imidazole rings is 1. The Hall–Kier alpha value is -2.79. The van der Waals surface area contributed by atoms with Crippen molar-refractivity contribution in [3.63, 3.8) is 0 Å². The number of nitrogens with one attached hydrogen (secondary N) is 4. The zero-order chi connectivity index (χ0) is 15.3. The van der Waals surface area contributed by atoms with Crippen LogP contribution in [0.1, 0.15) is 0 Å². The van der Waals surface area contributed by atoms with Crippen molar-refractivity contribution in [2.24, 2.45) is 0 Å². The lowest BCUT2D eigenvalue weighted by atomic mass is 10.3. The van der Waals surface area contributed by atoms with Crippen molar-refractivity contribution in [2.45, 2.75) is 0 Å². The molecular formula is C17H21N5. The van der Waals surface area contributed by atoms with Gasteiger partial charge in [-0.25, -0.2) is 4.98 Å². The first-order valence-electron chi connectivity index (χ1n) is 7.20. The zero-order valence-corrected chi connectivity index (χ0v) is 12.4. The van der Waals surface area contributed by atoms with Gasteiger partial charge in [0.2, 0.25) is 0 Å². The number of aromatic nitrogens is 4. The normalized spacial score (nSPS) is 11.1. The van der Waals surface area contributed by atoms with E-state index in [1.807, 2.05) is 42.9 Å². The molecule has 4 aromatic rings. The fourth-order valence-corrected chi connectivity index (χ4v) is 1.49. The second-order valence-electron chi connectivity index (χ2n) is 4.46. The lowest BCUT2D eigenvalue weighted by Gasteiger charge is -1.83. The van der Waals surface area contributed by atoms with Crippen LogP contribution in [0.5, 0.6) is 0 Å². The Labute approximate surface area is 129 Å². The van der Waals surface area contributed by atoms with Gasteiger partial charge in [-0.3, -0.25) is 0 Å². The molecule has 0 radical (unpaired) electrons. The molecule has 0 unspecified atom stereocenters. The molecule has 22 heavy (non-hydrogen) atoms. The number of hydrogen-bond acceptors (Lipinski definition) is 2. The van der Waals surface area contributed by atoms with Gasteiger partial charge in [-0.2, -0.15) is 0 Å². The summed E-state index contributed by atoms with van der Waals surface area (Å²) in [5.41, 5.74) is 1.21. The van der Waals surface area contributed by atoms with Crippen molar-refractivity contribution in [1.82, 2.24) is 25.3 Å². The van der Waals surface area contributed by atoms with E-state index >= 15 is 0 Å². The van der Waals surface area contributed by atoms with Gasteiger partial charge in [-0.15, -0.1) is 0 Å². The highest BCUT2D eigenvalue weighted by atomic mass is 15.0. The molecule has 1 aliphatic rings. The highest BCUT2D eigenvalue weighted by molar-refractivity contribution is 5.78. The van der Waals surface area contributed by atoms with E-state index in [9.17, 15) is 0 Å². The molecule has 114 valence electrons. The smallest absolute Gasteiger partial charge is 0.0919 e. The number of benzene rings is 1. The predicted octanol–water partition coefficient (Wildman–Crippen LogP) is 3.18. The lowest BCUT2D eigenvalue weighted by Crippen LogP contribution is -1.61. The molecule has 5 heteroatoms. The van der Waals surface area contributed by atoms with Gasteiger partial charge in [-0.05, 0) is 29.7 Å². The molecule has 4 N–H and O–H groups in total. The largest absolute Gasteiger partial charge is 0.368 e. The fourth-order valence-electron chi connectivity index (χ4n) is 1.49. The summed E-state index contributed by atoms with van der Waals surface area (Å²) in [5.74, 6) is 0. The van der Waals surface area contributed by atoms with Gasteiger partial charge >= 0.3 is 0 Å². The van der Waals surface area contributed by atoms with E-state index in [-0.39, 0.29) is 0 Å². The minimum absolute atomic E-state index is 1.21. The first-order valence-corrected chi connectivity index (χ1v) is 7.20. The Kier molecular flexibility index (Phi) is 7.10. The van der Waals surface area contributed by atoms with Crippen molar-refractivity contribution in [3.05, 3.63) is 79.8 Å². The molecule has 1 saturated heterocycles. The van der Waals surface area contributed by atoms with Gasteiger partial charge in [0.05, 0.1) is 6.33 Å². The summed E-state index contributed by atoms with van der Waals surface area (Å²) in [6.07, 6.45) is 10.8. The molecule has 0 aliphatic carbocycles. The topological polar surface area (TPSA) is 82.2 Å². The molecule has 0 bridgehead atoms. The molecule has 0 atom stereocenters. The van der Waals surface area contributed by atoms with E-state index in [0.717, 1.165) is 0 Å². The number of aromatic amines is 3. The number of fused-ring (bicyclic) bond motifs is 1. The molecule has 0 spiro atoms. The number of para-hydroxylation sites is 1. The molecule has 0 amide bonds. The Morgan fingerprint density at radius 2 is 1.55 bits per heavy atom. The van der Waals surface area contributed by atoms with E-state index in [0.29, 0.717) is 0 Å². The number of H-pyrrole nitrogens is 3. The van der Waals surface area contributed by atoms with Crippen LogP contribution >= 0.6 is 0 Å². The maximum atomic E-state index is 3.67. The van der Waals surface area contributed by atoms with Crippen molar-refractivity contribution in [2.75, 3.05) is 13.1 Å². The van der Waals surface area contributed by atoms with Gasteiger partial charge in [0.25, 0.3) is 0 Å². The molecular weight excluding hydrogens is 274 g/mol. The van der Waals surface area contributed by atoms with Crippen LogP contribution in [0.3, 0.4) is 0 Å². The fraction of sp³-hybridized carbons (Fsp3) is 0.118. The van der Waals surface area contributed by atoms with E-state index < -0.39 is 0 Å². The molecule has 5 rings (SSSR count). The quantitative estimate of drug-likeness (QED) is 0.376. The van der Waals surface area contributed by atoms with Crippen molar-refractivity contribution >= 4 is 10.9 Å². The summed E-state index contributed by atoms with van der Waals surface area (Å²) in [4.78, 5) is 12.4. The van der Waals surface area contributed by atoms with Crippen LogP contribution < -0.4 is 5.32 Å². The zero-order valence-electron chi connectivity index (χ0n) is 12.4. The highest BCUT2D eigenvalue weighted by Gasteiger charge is 1.91. The molecule has 1 fully saturated rings. The molecule has 5 nitrogen and oxygen atoms in total. The first kappa shape index (κ1) is 15.6. The monoisotopic (exact) mass is 295 g/mol. The van der Waals surface area contributed by atoms with Gasteiger partial charge in [0, 0.05) is 49.6 Å². The van der Waals surface area contributed by atoms with Gasteiger partial charge in [0.1, 0.15) is 0 Å². The van der Waals surface area contributed by atoms with E-state index in [1.54, 1.807) is 18.7 Å². The first-order chi connectivity index (χ1) is 11.0. The highest BCUT2D eigenvalue weighted by Crippen LogP contribution is 2.09. The minimum Gasteiger partial charge on any atom is -0.368 e.